The summed E-state index contributed by atoms with van der Waals surface area (Å²) in [5, 5.41) is 0. The lowest BCUT2D eigenvalue weighted by molar-refractivity contribution is -0.133. The van der Waals surface area contributed by atoms with E-state index in [1.807, 2.05) is 20.8 Å². The molecule has 0 aromatic heterocycles. The Balaban J connectivity index is 2.32. The highest BCUT2D eigenvalue weighted by Crippen LogP contribution is 2.18. The molecular formula is C16H25FN2O2. The summed E-state index contributed by atoms with van der Waals surface area (Å²) in [6.45, 7) is 6.88. The van der Waals surface area contributed by atoms with Gasteiger partial charge in [0.15, 0.2) is 0 Å². The highest BCUT2D eigenvalue weighted by atomic mass is 19.1. The third kappa shape index (κ3) is 5.71. The zero-order valence-corrected chi connectivity index (χ0v) is 13.2. The van der Waals surface area contributed by atoms with Crippen molar-refractivity contribution in [2.24, 2.45) is 11.1 Å². The minimum Gasteiger partial charge on any atom is -0.494 e. The fraction of sp³-hybridized carbons (Fsp3) is 0.562. The van der Waals surface area contributed by atoms with Crippen LogP contribution in [-0.4, -0.2) is 37.0 Å². The number of carbonyl (C=O) groups excluding carboxylic acids is 1. The topological polar surface area (TPSA) is 55.6 Å². The normalized spacial score (nSPS) is 12.9. The molecule has 0 saturated carbocycles. The summed E-state index contributed by atoms with van der Waals surface area (Å²) in [7, 11) is 1.74. The van der Waals surface area contributed by atoms with Gasteiger partial charge in [0, 0.05) is 13.6 Å². The van der Waals surface area contributed by atoms with Crippen LogP contribution < -0.4 is 10.5 Å². The number of benzene rings is 1. The lowest BCUT2D eigenvalue weighted by Crippen LogP contribution is -2.49. The Bertz CT molecular complexity index is 454. The molecule has 118 valence electrons. The second-order valence-electron chi connectivity index (χ2n) is 6.26. The fourth-order valence-electron chi connectivity index (χ4n) is 1.74. The summed E-state index contributed by atoms with van der Waals surface area (Å²) in [5.74, 6) is 0.268. The van der Waals surface area contributed by atoms with Crippen LogP contribution in [0.3, 0.4) is 0 Å². The van der Waals surface area contributed by atoms with E-state index in [1.54, 1.807) is 24.1 Å². The van der Waals surface area contributed by atoms with E-state index >= 15 is 0 Å². The van der Waals surface area contributed by atoms with Gasteiger partial charge in [0.25, 0.3) is 0 Å². The molecule has 2 N–H and O–H groups in total. The molecular weight excluding hydrogens is 271 g/mol. The molecule has 0 heterocycles. The minimum absolute atomic E-state index is 0.0655. The molecule has 0 bridgehead atoms. The monoisotopic (exact) mass is 296 g/mol. The van der Waals surface area contributed by atoms with Crippen molar-refractivity contribution in [1.82, 2.24) is 4.90 Å². The zero-order chi connectivity index (χ0) is 16.0. The van der Waals surface area contributed by atoms with E-state index in [1.165, 1.54) is 12.1 Å². The summed E-state index contributed by atoms with van der Waals surface area (Å²) in [5.41, 5.74) is 5.69. The van der Waals surface area contributed by atoms with E-state index < -0.39 is 6.04 Å². The van der Waals surface area contributed by atoms with Crippen LogP contribution in [0.25, 0.3) is 0 Å². The van der Waals surface area contributed by atoms with Crippen LogP contribution in [0.2, 0.25) is 0 Å². The Morgan fingerprint density at radius 3 is 2.43 bits per heavy atom. The molecule has 0 unspecified atom stereocenters. The largest absolute Gasteiger partial charge is 0.494 e. The van der Waals surface area contributed by atoms with Gasteiger partial charge in [-0.15, -0.1) is 0 Å². The van der Waals surface area contributed by atoms with Crippen molar-refractivity contribution >= 4 is 5.91 Å². The summed E-state index contributed by atoms with van der Waals surface area (Å²) in [6, 6.07) is 5.36. The van der Waals surface area contributed by atoms with Crippen molar-refractivity contribution in [3.8, 4) is 5.75 Å². The first-order valence-corrected chi connectivity index (χ1v) is 7.11. The first-order valence-electron chi connectivity index (χ1n) is 7.11. The second kappa shape index (κ2) is 7.41. The molecule has 0 aliphatic heterocycles. The van der Waals surface area contributed by atoms with Crippen molar-refractivity contribution in [2.45, 2.75) is 33.2 Å². The van der Waals surface area contributed by atoms with E-state index in [9.17, 15) is 9.18 Å². The molecule has 1 aromatic carbocycles. The number of hydrogen-bond acceptors (Lipinski definition) is 3. The average Bonchev–Trinajstić information content (AvgIpc) is 2.42. The second-order valence-corrected chi connectivity index (χ2v) is 6.26. The number of halogens is 1. The highest BCUT2D eigenvalue weighted by molar-refractivity contribution is 5.82. The number of hydrogen-bond donors (Lipinski definition) is 1. The van der Waals surface area contributed by atoms with Crippen LogP contribution in [0, 0.1) is 11.2 Å². The SMILES string of the molecule is CN(CCCOc1ccc(F)cc1)C(=O)[C@@H](N)C(C)(C)C. The van der Waals surface area contributed by atoms with E-state index in [0.717, 1.165) is 0 Å². The molecule has 5 heteroatoms. The minimum atomic E-state index is -0.513. The summed E-state index contributed by atoms with van der Waals surface area (Å²) >= 11 is 0. The van der Waals surface area contributed by atoms with Gasteiger partial charge in [0.05, 0.1) is 12.6 Å². The van der Waals surface area contributed by atoms with E-state index in [2.05, 4.69) is 0 Å². The number of amides is 1. The van der Waals surface area contributed by atoms with Gasteiger partial charge in [-0.05, 0) is 36.1 Å². The maximum atomic E-state index is 12.7. The highest BCUT2D eigenvalue weighted by Gasteiger charge is 2.29. The third-order valence-electron chi connectivity index (χ3n) is 3.30. The van der Waals surface area contributed by atoms with Crippen molar-refractivity contribution in [2.75, 3.05) is 20.2 Å². The van der Waals surface area contributed by atoms with Crippen LogP contribution in [0.1, 0.15) is 27.2 Å². The molecule has 0 fully saturated rings. The van der Waals surface area contributed by atoms with Gasteiger partial charge in [0.2, 0.25) is 5.91 Å². The summed E-state index contributed by atoms with van der Waals surface area (Å²) in [6.07, 6.45) is 0.691. The van der Waals surface area contributed by atoms with Gasteiger partial charge in [-0.2, -0.15) is 0 Å². The molecule has 1 atom stereocenters. The Hall–Kier alpha value is -1.62. The predicted octanol–water partition coefficient (Wildman–Crippen LogP) is 2.43. The van der Waals surface area contributed by atoms with Gasteiger partial charge in [0.1, 0.15) is 11.6 Å². The van der Waals surface area contributed by atoms with E-state index in [-0.39, 0.29) is 17.1 Å². The average molecular weight is 296 g/mol. The molecule has 0 spiro atoms. The standard InChI is InChI=1S/C16H25FN2O2/c1-16(2,3)14(18)15(20)19(4)10-5-11-21-13-8-6-12(17)7-9-13/h6-9,14H,5,10-11,18H2,1-4H3/t14-/m1/s1. The summed E-state index contributed by atoms with van der Waals surface area (Å²) < 4.78 is 18.2. The van der Waals surface area contributed by atoms with Crippen LogP contribution in [0.4, 0.5) is 4.39 Å². The zero-order valence-electron chi connectivity index (χ0n) is 13.2. The van der Waals surface area contributed by atoms with Gasteiger partial charge in [-0.25, -0.2) is 4.39 Å². The Morgan fingerprint density at radius 1 is 1.33 bits per heavy atom. The summed E-state index contributed by atoms with van der Waals surface area (Å²) in [4.78, 5) is 13.7. The maximum Gasteiger partial charge on any atom is 0.239 e. The number of nitrogens with two attached hydrogens (primary N) is 1. The van der Waals surface area contributed by atoms with Crippen molar-refractivity contribution in [1.29, 1.82) is 0 Å². The number of carbonyl (C=O) groups is 1. The lowest BCUT2D eigenvalue weighted by atomic mass is 9.86. The number of ether oxygens (including phenoxy) is 1. The Kier molecular flexibility index (Phi) is 6.15. The number of rotatable bonds is 6. The Labute approximate surface area is 126 Å². The molecule has 21 heavy (non-hydrogen) atoms. The third-order valence-corrected chi connectivity index (χ3v) is 3.30. The van der Waals surface area contributed by atoms with E-state index in [4.69, 9.17) is 10.5 Å². The van der Waals surface area contributed by atoms with Crippen LogP contribution in [0.5, 0.6) is 5.75 Å². The fourth-order valence-corrected chi connectivity index (χ4v) is 1.74. The lowest BCUT2D eigenvalue weighted by Gasteiger charge is -2.30. The first kappa shape index (κ1) is 17.4. The van der Waals surface area contributed by atoms with Crippen molar-refractivity contribution < 1.29 is 13.9 Å². The van der Waals surface area contributed by atoms with Crippen molar-refractivity contribution in [3.05, 3.63) is 30.1 Å². The van der Waals surface area contributed by atoms with Gasteiger partial charge in [-0.1, -0.05) is 20.8 Å². The predicted molar refractivity (Wildman–Crippen MR) is 81.6 cm³/mol. The molecule has 1 amide bonds. The van der Waals surface area contributed by atoms with E-state index in [0.29, 0.717) is 25.3 Å². The van der Waals surface area contributed by atoms with Gasteiger partial charge < -0.3 is 15.4 Å². The molecule has 4 nitrogen and oxygen atoms in total. The first-order chi connectivity index (χ1) is 9.71. The van der Waals surface area contributed by atoms with Gasteiger partial charge >= 0.3 is 0 Å². The molecule has 1 rings (SSSR count). The Morgan fingerprint density at radius 2 is 1.90 bits per heavy atom. The number of likely N-dealkylation sites (N-methyl/N-ethyl adjacent to an activating group) is 1. The molecule has 0 saturated heterocycles. The molecule has 1 aromatic rings. The molecule has 0 radical (unpaired) electrons. The van der Waals surface area contributed by atoms with Crippen LogP contribution in [-0.2, 0) is 4.79 Å². The molecule has 0 aliphatic rings. The number of nitrogens with zero attached hydrogens (tertiary/aromatic N) is 1. The van der Waals surface area contributed by atoms with Crippen LogP contribution in [0.15, 0.2) is 24.3 Å². The van der Waals surface area contributed by atoms with Crippen LogP contribution >= 0.6 is 0 Å². The van der Waals surface area contributed by atoms with Gasteiger partial charge in [-0.3, -0.25) is 4.79 Å². The van der Waals surface area contributed by atoms with Crippen molar-refractivity contribution in [3.63, 3.8) is 0 Å². The molecule has 0 aliphatic carbocycles. The quantitative estimate of drug-likeness (QED) is 0.820. The smallest absolute Gasteiger partial charge is 0.239 e. The maximum absolute atomic E-state index is 12.7.